The highest BCUT2D eigenvalue weighted by Gasteiger charge is 2.24. The Morgan fingerprint density at radius 3 is 2.67 bits per heavy atom. The van der Waals surface area contributed by atoms with Crippen LogP contribution in [0.4, 0.5) is 0 Å². The summed E-state index contributed by atoms with van der Waals surface area (Å²) in [5.74, 6) is 0. The predicted molar refractivity (Wildman–Crippen MR) is 72.2 cm³/mol. The lowest BCUT2D eigenvalue weighted by atomic mass is 9.83. The predicted octanol–water partition coefficient (Wildman–Crippen LogP) is 1.12. The van der Waals surface area contributed by atoms with Gasteiger partial charge < -0.3 is 10.2 Å². The summed E-state index contributed by atoms with van der Waals surface area (Å²) in [4.78, 5) is 2.53. The third-order valence-electron chi connectivity index (χ3n) is 3.80. The Bertz CT molecular complexity index is 361. The van der Waals surface area contributed by atoms with Gasteiger partial charge in [-0.15, -0.1) is 5.10 Å². The van der Waals surface area contributed by atoms with Crippen molar-refractivity contribution in [1.82, 2.24) is 25.2 Å². The van der Waals surface area contributed by atoms with Gasteiger partial charge in [0.05, 0.1) is 12.2 Å². The van der Waals surface area contributed by atoms with E-state index in [9.17, 15) is 0 Å². The molecule has 0 amide bonds. The van der Waals surface area contributed by atoms with Crippen LogP contribution in [-0.4, -0.2) is 46.6 Å². The lowest BCUT2D eigenvalue weighted by Gasteiger charge is -2.36. The molecule has 5 nitrogen and oxygen atoms in total. The fourth-order valence-corrected chi connectivity index (χ4v) is 2.34. The lowest BCUT2D eigenvalue weighted by molar-refractivity contribution is 0.128. The van der Waals surface area contributed by atoms with Crippen LogP contribution in [0.5, 0.6) is 0 Å². The zero-order valence-electron chi connectivity index (χ0n) is 11.8. The van der Waals surface area contributed by atoms with E-state index in [1.165, 1.54) is 25.9 Å². The molecule has 1 saturated heterocycles. The fraction of sp³-hybridized carbons (Fsp3) is 0.846. The van der Waals surface area contributed by atoms with Gasteiger partial charge in [0, 0.05) is 19.3 Å². The summed E-state index contributed by atoms with van der Waals surface area (Å²) in [7, 11) is 1.93. The van der Waals surface area contributed by atoms with E-state index in [4.69, 9.17) is 0 Å². The Balaban J connectivity index is 1.74. The molecular formula is C13H25N5. The largest absolute Gasteiger partial charge is 0.314 e. The molecule has 2 heterocycles. The van der Waals surface area contributed by atoms with Crippen LogP contribution in [0.25, 0.3) is 0 Å². The molecule has 5 heteroatoms. The molecule has 1 aromatic rings. The first kappa shape index (κ1) is 13.5. The third kappa shape index (κ3) is 3.78. The zero-order chi connectivity index (χ0) is 13.0. The second kappa shape index (κ2) is 5.80. The Kier molecular flexibility index (Phi) is 4.35. The van der Waals surface area contributed by atoms with Crippen molar-refractivity contribution in [2.75, 3.05) is 26.7 Å². The van der Waals surface area contributed by atoms with Crippen molar-refractivity contribution in [3.8, 4) is 0 Å². The maximum Gasteiger partial charge on any atom is 0.0964 e. The molecule has 102 valence electrons. The molecule has 0 aromatic carbocycles. The number of rotatable bonds is 5. The molecular weight excluding hydrogens is 226 g/mol. The quantitative estimate of drug-likeness (QED) is 0.852. The second-order valence-electron chi connectivity index (χ2n) is 6.01. The van der Waals surface area contributed by atoms with Gasteiger partial charge in [0.2, 0.25) is 0 Å². The van der Waals surface area contributed by atoms with Gasteiger partial charge in [-0.2, -0.15) is 0 Å². The van der Waals surface area contributed by atoms with Crippen molar-refractivity contribution in [3.63, 3.8) is 0 Å². The minimum Gasteiger partial charge on any atom is -0.314 e. The number of aromatic nitrogens is 3. The van der Waals surface area contributed by atoms with Crippen LogP contribution in [0.3, 0.4) is 0 Å². The minimum atomic E-state index is 0.531. The number of hydrogen-bond donors (Lipinski definition) is 1. The molecule has 1 aliphatic rings. The first-order chi connectivity index (χ1) is 8.59. The molecule has 1 fully saturated rings. The highest BCUT2D eigenvalue weighted by Crippen LogP contribution is 2.29. The van der Waals surface area contributed by atoms with E-state index < -0.39 is 0 Å². The van der Waals surface area contributed by atoms with Gasteiger partial charge >= 0.3 is 0 Å². The van der Waals surface area contributed by atoms with E-state index in [-0.39, 0.29) is 0 Å². The molecule has 0 unspecified atom stereocenters. The standard InChI is InChI=1S/C13H25N5/c1-13(2)4-6-17(7-5-13)8-9-18-11-12(10-14-3)15-16-18/h11,14H,4-10H2,1-3H3. The summed E-state index contributed by atoms with van der Waals surface area (Å²) in [5, 5.41) is 11.4. The zero-order valence-corrected chi connectivity index (χ0v) is 11.8. The van der Waals surface area contributed by atoms with Crippen LogP contribution >= 0.6 is 0 Å². The number of piperidine rings is 1. The summed E-state index contributed by atoms with van der Waals surface area (Å²) in [6, 6.07) is 0. The van der Waals surface area contributed by atoms with E-state index in [1.807, 2.05) is 17.9 Å². The van der Waals surface area contributed by atoms with Crippen molar-refractivity contribution in [2.45, 2.75) is 39.8 Å². The number of likely N-dealkylation sites (tertiary alicyclic amines) is 1. The topological polar surface area (TPSA) is 46.0 Å². The summed E-state index contributed by atoms with van der Waals surface area (Å²) in [6.07, 6.45) is 4.63. The van der Waals surface area contributed by atoms with E-state index in [0.29, 0.717) is 5.41 Å². The van der Waals surface area contributed by atoms with Crippen LogP contribution in [0, 0.1) is 5.41 Å². The highest BCUT2D eigenvalue weighted by molar-refractivity contribution is 4.91. The molecule has 0 spiro atoms. The van der Waals surface area contributed by atoms with Crippen molar-refractivity contribution in [3.05, 3.63) is 11.9 Å². The van der Waals surface area contributed by atoms with Crippen LogP contribution in [0.1, 0.15) is 32.4 Å². The Morgan fingerprint density at radius 2 is 2.00 bits per heavy atom. The fourth-order valence-electron chi connectivity index (χ4n) is 2.34. The molecule has 0 atom stereocenters. The van der Waals surface area contributed by atoms with Gasteiger partial charge in [0.25, 0.3) is 0 Å². The molecule has 1 aliphatic heterocycles. The van der Waals surface area contributed by atoms with Crippen molar-refractivity contribution < 1.29 is 0 Å². The number of hydrogen-bond acceptors (Lipinski definition) is 4. The van der Waals surface area contributed by atoms with Gasteiger partial charge in [-0.05, 0) is 38.4 Å². The van der Waals surface area contributed by atoms with Gasteiger partial charge in [-0.1, -0.05) is 19.1 Å². The van der Waals surface area contributed by atoms with E-state index in [0.717, 1.165) is 25.3 Å². The maximum absolute atomic E-state index is 4.15. The molecule has 18 heavy (non-hydrogen) atoms. The SMILES string of the molecule is CNCc1cn(CCN2CCC(C)(C)CC2)nn1. The molecule has 0 aliphatic carbocycles. The average molecular weight is 251 g/mol. The molecule has 2 rings (SSSR count). The van der Waals surface area contributed by atoms with Crippen LogP contribution in [0.15, 0.2) is 6.20 Å². The average Bonchev–Trinajstić information content (AvgIpc) is 2.76. The molecule has 0 bridgehead atoms. The van der Waals surface area contributed by atoms with Crippen molar-refractivity contribution in [1.29, 1.82) is 0 Å². The molecule has 0 radical (unpaired) electrons. The Morgan fingerprint density at radius 1 is 1.28 bits per heavy atom. The van der Waals surface area contributed by atoms with Gasteiger partial charge in [-0.25, -0.2) is 0 Å². The molecule has 1 aromatic heterocycles. The van der Waals surface area contributed by atoms with Crippen molar-refractivity contribution in [2.24, 2.45) is 5.41 Å². The van der Waals surface area contributed by atoms with E-state index in [1.54, 1.807) is 0 Å². The summed E-state index contributed by atoms with van der Waals surface area (Å²) in [5.41, 5.74) is 1.54. The van der Waals surface area contributed by atoms with Gasteiger partial charge in [-0.3, -0.25) is 4.68 Å². The smallest absolute Gasteiger partial charge is 0.0964 e. The third-order valence-corrected chi connectivity index (χ3v) is 3.80. The molecule has 1 N–H and O–H groups in total. The normalized spacial score (nSPS) is 20.2. The Labute approximate surface area is 110 Å². The minimum absolute atomic E-state index is 0.531. The van der Waals surface area contributed by atoms with Crippen LogP contribution < -0.4 is 5.32 Å². The number of nitrogens with one attached hydrogen (secondary N) is 1. The monoisotopic (exact) mass is 251 g/mol. The second-order valence-corrected chi connectivity index (χ2v) is 6.01. The summed E-state index contributed by atoms with van der Waals surface area (Å²) in [6.45, 7) is 9.97. The number of nitrogens with zero attached hydrogens (tertiary/aromatic N) is 4. The van der Waals surface area contributed by atoms with E-state index >= 15 is 0 Å². The van der Waals surface area contributed by atoms with Crippen LogP contribution in [0.2, 0.25) is 0 Å². The lowest BCUT2D eigenvalue weighted by Crippen LogP contribution is -2.38. The summed E-state index contributed by atoms with van der Waals surface area (Å²) >= 11 is 0. The van der Waals surface area contributed by atoms with E-state index in [2.05, 4.69) is 34.4 Å². The van der Waals surface area contributed by atoms with Gasteiger partial charge in [0.1, 0.15) is 0 Å². The van der Waals surface area contributed by atoms with Crippen molar-refractivity contribution >= 4 is 0 Å². The summed E-state index contributed by atoms with van der Waals surface area (Å²) < 4.78 is 1.95. The first-order valence-corrected chi connectivity index (χ1v) is 6.85. The highest BCUT2D eigenvalue weighted by atomic mass is 15.4. The van der Waals surface area contributed by atoms with Crippen LogP contribution in [-0.2, 0) is 13.1 Å². The molecule has 0 saturated carbocycles. The maximum atomic E-state index is 4.15. The first-order valence-electron chi connectivity index (χ1n) is 6.85. The Hall–Kier alpha value is -0.940. The van der Waals surface area contributed by atoms with Gasteiger partial charge in [0.15, 0.2) is 0 Å².